The van der Waals surface area contributed by atoms with E-state index in [-0.39, 0.29) is 11.9 Å². The first-order chi connectivity index (χ1) is 8.17. The van der Waals surface area contributed by atoms with Gasteiger partial charge in [0.15, 0.2) is 0 Å². The molecule has 0 spiro atoms. The van der Waals surface area contributed by atoms with E-state index in [0.717, 1.165) is 30.7 Å². The second-order valence-electron chi connectivity index (χ2n) is 4.16. The molecule has 17 heavy (non-hydrogen) atoms. The molecule has 2 nitrogen and oxygen atoms in total. The van der Waals surface area contributed by atoms with Gasteiger partial charge in [0.25, 0.3) is 0 Å². The summed E-state index contributed by atoms with van der Waals surface area (Å²) in [6.45, 7) is 8.24. The lowest BCUT2D eigenvalue weighted by Crippen LogP contribution is -2.22. The number of ether oxygens (including phenoxy) is 1. The minimum Gasteiger partial charge on any atom is -0.382 e. The van der Waals surface area contributed by atoms with E-state index in [1.54, 1.807) is 12.1 Å². The van der Waals surface area contributed by atoms with Crippen LogP contribution in [0.1, 0.15) is 37.4 Å². The summed E-state index contributed by atoms with van der Waals surface area (Å²) >= 11 is 0. The number of halogens is 1. The number of rotatable bonds is 7. The van der Waals surface area contributed by atoms with Crippen LogP contribution in [0.2, 0.25) is 0 Å². The molecule has 1 N–H and O–H groups in total. The van der Waals surface area contributed by atoms with Gasteiger partial charge >= 0.3 is 0 Å². The molecule has 0 amide bonds. The van der Waals surface area contributed by atoms with E-state index in [1.165, 1.54) is 0 Å². The van der Waals surface area contributed by atoms with Gasteiger partial charge in [-0.05, 0) is 50.1 Å². The molecule has 1 aromatic carbocycles. The van der Waals surface area contributed by atoms with Crippen molar-refractivity contribution in [2.45, 2.75) is 33.2 Å². The Morgan fingerprint density at radius 2 is 2.06 bits per heavy atom. The Balaban J connectivity index is 2.73. The Morgan fingerprint density at radius 1 is 1.29 bits per heavy atom. The van der Waals surface area contributed by atoms with Gasteiger partial charge in [0.1, 0.15) is 5.82 Å². The predicted molar refractivity (Wildman–Crippen MR) is 68.7 cm³/mol. The standard InChI is InChI=1S/C14H22FNO/c1-4-16-14(6-7-17-5-2)12-8-11(3)9-13(15)10-12/h8-10,14,16H,4-7H2,1-3H3. The van der Waals surface area contributed by atoms with Crippen molar-refractivity contribution in [2.24, 2.45) is 0 Å². The lowest BCUT2D eigenvalue weighted by molar-refractivity contribution is 0.136. The van der Waals surface area contributed by atoms with E-state index in [0.29, 0.717) is 6.61 Å². The van der Waals surface area contributed by atoms with E-state index in [2.05, 4.69) is 12.2 Å². The maximum atomic E-state index is 13.4. The molecule has 0 aliphatic heterocycles. The van der Waals surface area contributed by atoms with Crippen molar-refractivity contribution < 1.29 is 9.13 Å². The Bertz CT molecular complexity index is 321. The molecule has 1 rings (SSSR count). The molecule has 0 fully saturated rings. The maximum Gasteiger partial charge on any atom is 0.123 e. The van der Waals surface area contributed by atoms with Gasteiger partial charge in [0.05, 0.1) is 0 Å². The molecule has 3 heteroatoms. The highest BCUT2D eigenvalue weighted by molar-refractivity contribution is 5.26. The first kappa shape index (κ1) is 14.1. The van der Waals surface area contributed by atoms with Crippen molar-refractivity contribution in [1.82, 2.24) is 5.32 Å². The van der Waals surface area contributed by atoms with Crippen LogP contribution in [0.15, 0.2) is 18.2 Å². The summed E-state index contributed by atoms with van der Waals surface area (Å²) in [5.41, 5.74) is 1.96. The van der Waals surface area contributed by atoms with E-state index in [9.17, 15) is 4.39 Å². The second kappa shape index (κ2) is 7.41. The molecule has 0 aliphatic rings. The summed E-state index contributed by atoms with van der Waals surface area (Å²) in [5, 5.41) is 3.37. The summed E-state index contributed by atoms with van der Waals surface area (Å²) in [6, 6.07) is 5.35. The van der Waals surface area contributed by atoms with Crippen LogP contribution in [-0.2, 0) is 4.74 Å². The fourth-order valence-electron chi connectivity index (χ4n) is 1.94. The average Bonchev–Trinajstić information content (AvgIpc) is 2.27. The zero-order chi connectivity index (χ0) is 12.7. The molecule has 0 saturated carbocycles. The van der Waals surface area contributed by atoms with Gasteiger partial charge in [-0.2, -0.15) is 0 Å². The topological polar surface area (TPSA) is 21.3 Å². The van der Waals surface area contributed by atoms with Gasteiger partial charge in [-0.15, -0.1) is 0 Å². The van der Waals surface area contributed by atoms with Crippen molar-refractivity contribution in [3.63, 3.8) is 0 Å². The van der Waals surface area contributed by atoms with Crippen LogP contribution < -0.4 is 5.32 Å². The number of nitrogens with one attached hydrogen (secondary N) is 1. The third kappa shape index (κ3) is 4.84. The summed E-state index contributed by atoms with van der Waals surface area (Å²) < 4.78 is 18.7. The SMILES string of the molecule is CCNC(CCOCC)c1cc(C)cc(F)c1. The predicted octanol–water partition coefficient (Wildman–Crippen LogP) is 3.21. The maximum absolute atomic E-state index is 13.4. The molecular weight excluding hydrogens is 217 g/mol. The lowest BCUT2D eigenvalue weighted by atomic mass is 10.0. The van der Waals surface area contributed by atoms with Crippen molar-refractivity contribution in [1.29, 1.82) is 0 Å². The van der Waals surface area contributed by atoms with Crippen LogP contribution in [0.4, 0.5) is 4.39 Å². The number of hydrogen-bond donors (Lipinski definition) is 1. The molecule has 1 atom stereocenters. The van der Waals surface area contributed by atoms with Gasteiger partial charge in [0, 0.05) is 19.3 Å². The van der Waals surface area contributed by atoms with Gasteiger partial charge < -0.3 is 10.1 Å². The minimum absolute atomic E-state index is 0.167. The van der Waals surface area contributed by atoms with Crippen LogP contribution in [0.25, 0.3) is 0 Å². The van der Waals surface area contributed by atoms with Crippen LogP contribution in [0.3, 0.4) is 0 Å². The van der Waals surface area contributed by atoms with Crippen molar-refractivity contribution in [3.8, 4) is 0 Å². The molecule has 1 unspecified atom stereocenters. The minimum atomic E-state index is -0.167. The third-order valence-electron chi connectivity index (χ3n) is 2.67. The molecule has 96 valence electrons. The summed E-state index contributed by atoms with van der Waals surface area (Å²) in [5.74, 6) is -0.167. The van der Waals surface area contributed by atoms with E-state index in [1.807, 2.05) is 19.9 Å². The zero-order valence-electron chi connectivity index (χ0n) is 10.9. The fourth-order valence-corrected chi connectivity index (χ4v) is 1.94. The molecule has 0 aliphatic carbocycles. The highest BCUT2D eigenvalue weighted by Gasteiger charge is 2.11. The van der Waals surface area contributed by atoms with Crippen molar-refractivity contribution in [3.05, 3.63) is 35.1 Å². The quantitative estimate of drug-likeness (QED) is 0.738. The third-order valence-corrected chi connectivity index (χ3v) is 2.67. The Kier molecular flexibility index (Phi) is 6.16. The molecule has 1 aromatic rings. The summed E-state index contributed by atoms with van der Waals surface area (Å²) in [4.78, 5) is 0. The first-order valence-corrected chi connectivity index (χ1v) is 6.25. The normalized spacial score (nSPS) is 12.7. The second-order valence-corrected chi connectivity index (χ2v) is 4.16. The largest absolute Gasteiger partial charge is 0.382 e. The molecule has 0 aromatic heterocycles. The van der Waals surface area contributed by atoms with Crippen LogP contribution in [0, 0.1) is 12.7 Å². The van der Waals surface area contributed by atoms with Crippen molar-refractivity contribution >= 4 is 0 Å². The molecule has 0 heterocycles. The van der Waals surface area contributed by atoms with Crippen LogP contribution in [0.5, 0.6) is 0 Å². The van der Waals surface area contributed by atoms with Crippen LogP contribution in [-0.4, -0.2) is 19.8 Å². The highest BCUT2D eigenvalue weighted by atomic mass is 19.1. The Labute approximate surface area is 103 Å². The van der Waals surface area contributed by atoms with E-state index in [4.69, 9.17) is 4.74 Å². The van der Waals surface area contributed by atoms with E-state index < -0.39 is 0 Å². The molecular formula is C14H22FNO. The summed E-state index contributed by atoms with van der Waals surface area (Å²) in [6.07, 6.45) is 0.866. The smallest absolute Gasteiger partial charge is 0.123 e. The Morgan fingerprint density at radius 3 is 2.65 bits per heavy atom. The Hall–Kier alpha value is -0.930. The van der Waals surface area contributed by atoms with Gasteiger partial charge in [-0.25, -0.2) is 4.39 Å². The number of hydrogen-bond acceptors (Lipinski definition) is 2. The average molecular weight is 239 g/mol. The lowest BCUT2D eigenvalue weighted by Gasteiger charge is -2.19. The zero-order valence-corrected chi connectivity index (χ0v) is 10.9. The highest BCUT2D eigenvalue weighted by Crippen LogP contribution is 2.19. The van der Waals surface area contributed by atoms with E-state index >= 15 is 0 Å². The first-order valence-electron chi connectivity index (χ1n) is 6.25. The van der Waals surface area contributed by atoms with Crippen LogP contribution >= 0.6 is 0 Å². The van der Waals surface area contributed by atoms with Gasteiger partial charge in [-0.3, -0.25) is 0 Å². The molecule has 0 radical (unpaired) electrons. The molecule has 0 bridgehead atoms. The monoisotopic (exact) mass is 239 g/mol. The number of benzene rings is 1. The fraction of sp³-hybridized carbons (Fsp3) is 0.571. The molecule has 0 saturated heterocycles. The van der Waals surface area contributed by atoms with Gasteiger partial charge in [0.2, 0.25) is 0 Å². The van der Waals surface area contributed by atoms with Crippen molar-refractivity contribution in [2.75, 3.05) is 19.8 Å². The van der Waals surface area contributed by atoms with Gasteiger partial charge in [-0.1, -0.05) is 13.0 Å². The summed E-state index contributed by atoms with van der Waals surface area (Å²) in [7, 11) is 0. The number of aryl methyl sites for hydroxylation is 1.